The first-order valence-corrected chi connectivity index (χ1v) is 6.17. The zero-order chi connectivity index (χ0) is 11.2. The highest BCUT2D eigenvalue weighted by Gasteiger charge is 2.06. The highest BCUT2D eigenvalue weighted by molar-refractivity contribution is 7.99. The fraction of sp³-hybridized carbons (Fsp3) is 0.125. The third-order valence-electron chi connectivity index (χ3n) is 1.48. The topological polar surface area (TPSA) is 80.7 Å². The molecule has 16 heavy (non-hydrogen) atoms. The molecular weight excluding hydrogens is 246 g/mol. The standard InChI is InChI=1S/C8H7N5OS2/c14-6(12-8-13-11-5-16-8)4-15-7-9-2-1-3-10-7/h1-3,5H,4H2,(H,12,13,14). The number of nitrogens with one attached hydrogen (secondary N) is 1. The number of anilines is 1. The molecule has 0 spiro atoms. The molecule has 0 radical (unpaired) electrons. The van der Waals surface area contributed by atoms with Crippen LogP contribution < -0.4 is 5.32 Å². The van der Waals surface area contributed by atoms with Crippen LogP contribution in [0.4, 0.5) is 5.13 Å². The van der Waals surface area contributed by atoms with E-state index in [1.807, 2.05) is 0 Å². The van der Waals surface area contributed by atoms with Crippen molar-refractivity contribution in [2.24, 2.45) is 0 Å². The maximum absolute atomic E-state index is 11.4. The van der Waals surface area contributed by atoms with Gasteiger partial charge in [-0.15, -0.1) is 10.2 Å². The Kier molecular flexibility index (Phi) is 3.78. The van der Waals surface area contributed by atoms with Gasteiger partial charge in [-0.1, -0.05) is 23.1 Å². The first kappa shape index (κ1) is 11.0. The van der Waals surface area contributed by atoms with Crippen LogP contribution in [0.5, 0.6) is 0 Å². The number of carbonyl (C=O) groups is 1. The van der Waals surface area contributed by atoms with Crippen molar-refractivity contribution >= 4 is 34.1 Å². The molecule has 0 aliphatic carbocycles. The molecule has 0 aliphatic heterocycles. The van der Waals surface area contributed by atoms with E-state index in [0.29, 0.717) is 10.3 Å². The minimum absolute atomic E-state index is 0.144. The van der Waals surface area contributed by atoms with E-state index in [4.69, 9.17) is 0 Å². The molecule has 82 valence electrons. The molecule has 0 aromatic carbocycles. The number of rotatable bonds is 4. The molecule has 8 heteroatoms. The van der Waals surface area contributed by atoms with Crippen molar-refractivity contribution in [1.29, 1.82) is 0 Å². The SMILES string of the molecule is O=C(CSc1ncccn1)Nc1nncs1. The van der Waals surface area contributed by atoms with Crippen molar-refractivity contribution in [3.63, 3.8) is 0 Å². The zero-order valence-electron chi connectivity index (χ0n) is 8.03. The van der Waals surface area contributed by atoms with Crippen molar-refractivity contribution in [3.05, 3.63) is 24.0 Å². The Morgan fingerprint density at radius 2 is 2.25 bits per heavy atom. The lowest BCUT2D eigenvalue weighted by Crippen LogP contribution is -2.14. The summed E-state index contributed by atoms with van der Waals surface area (Å²) in [6, 6.07) is 1.73. The Labute approximate surface area is 99.5 Å². The van der Waals surface area contributed by atoms with Gasteiger partial charge in [-0.3, -0.25) is 10.1 Å². The zero-order valence-corrected chi connectivity index (χ0v) is 9.66. The summed E-state index contributed by atoms with van der Waals surface area (Å²) in [4.78, 5) is 19.4. The summed E-state index contributed by atoms with van der Waals surface area (Å²) < 4.78 is 0. The van der Waals surface area contributed by atoms with Crippen LogP contribution in [-0.4, -0.2) is 31.8 Å². The van der Waals surface area contributed by atoms with Gasteiger partial charge in [0.2, 0.25) is 11.0 Å². The van der Waals surface area contributed by atoms with Crippen LogP contribution in [0, 0.1) is 0 Å². The number of amides is 1. The largest absolute Gasteiger partial charge is 0.300 e. The van der Waals surface area contributed by atoms with E-state index in [0.717, 1.165) is 0 Å². The van der Waals surface area contributed by atoms with Gasteiger partial charge in [-0.25, -0.2) is 9.97 Å². The van der Waals surface area contributed by atoms with E-state index < -0.39 is 0 Å². The lowest BCUT2D eigenvalue weighted by molar-refractivity contribution is -0.113. The normalized spacial score (nSPS) is 10.0. The number of aromatic nitrogens is 4. The van der Waals surface area contributed by atoms with Crippen molar-refractivity contribution in [1.82, 2.24) is 20.2 Å². The lowest BCUT2D eigenvalue weighted by atomic mass is 10.7. The van der Waals surface area contributed by atoms with Gasteiger partial charge in [0.1, 0.15) is 5.51 Å². The van der Waals surface area contributed by atoms with E-state index in [1.165, 1.54) is 23.1 Å². The maximum Gasteiger partial charge on any atom is 0.236 e. The van der Waals surface area contributed by atoms with Crippen LogP contribution in [0.3, 0.4) is 0 Å². The summed E-state index contributed by atoms with van der Waals surface area (Å²) in [7, 11) is 0. The van der Waals surface area contributed by atoms with Gasteiger partial charge >= 0.3 is 0 Å². The predicted octanol–water partition coefficient (Wildman–Crippen LogP) is 1.06. The van der Waals surface area contributed by atoms with Gasteiger partial charge in [0.25, 0.3) is 0 Å². The predicted molar refractivity (Wildman–Crippen MR) is 61.3 cm³/mol. The molecule has 0 saturated heterocycles. The van der Waals surface area contributed by atoms with E-state index >= 15 is 0 Å². The molecule has 0 atom stereocenters. The molecule has 2 rings (SSSR count). The number of carbonyl (C=O) groups excluding carboxylic acids is 1. The fourth-order valence-corrected chi connectivity index (χ4v) is 1.94. The number of nitrogens with zero attached hydrogens (tertiary/aromatic N) is 4. The molecular formula is C8H7N5OS2. The van der Waals surface area contributed by atoms with Crippen molar-refractivity contribution in [2.75, 3.05) is 11.1 Å². The minimum atomic E-state index is -0.144. The molecule has 2 aromatic rings. The Morgan fingerprint density at radius 1 is 1.44 bits per heavy atom. The van der Waals surface area contributed by atoms with Gasteiger partial charge in [0.05, 0.1) is 5.75 Å². The Hall–Kier alpha value is -1.54. The first-order valence-electron chi connectivity index (χ1n) is 4.30. The molecule has 2 heterocycles. The van der Waals surface area contributed by atoms with Gasteiger partial charge in [-0.2, -0.15) is 0 Å². The average molecular weight is 253 g/mol. The summed E-state index contributed by atoms with van der Waals surface area (Å²) in [5.41, 5.74) is 1.56. The van der Waals surface area contributed by atoms with Gasteiger partial charge in [-0.05, 0) is 6.07 Å². The summed E-state index contributed by atoms with van der Waals surface area (Å²) in [6.45, 7) is 0. The quantitative estimate of drug-likeness (QED) is 0.648. The van der Waals surface area contributed by atoms with E-state index in [-0.39, 0.29) is 11.7 Å². The van der Waals surface area contributed by atoms with Crippen LogP contribution in [0.2, 0.25) is 0 Å². The lowest BCUT2D eigenvalue weighted by Gasteiger charge is -1.99. The highest BCUT2D eigenvalue weighted by atomic mass is 32.2. The summed E-state index contributed by atoms with van der Waals surface area (Å²) in [5.74, 6) is 0.109. The molecule has 6 nitrogen and oxygen atoms in total. The number of hydrogen-bond acceptors (Lipinski definition) is 7. The van der Waals surface area contributed by atoms with Crippen molar-refractivity contribution in [2.45, 2.75) is 5.16 Å². The Balaban J connectivity index is 1.80. The maximum atomic E-state index is 11.4. The molecule has 0 unspecified atom stereocenters. The Morgan fingerprint density at radius 3 is 2.94 bits per heavy atom. The van der Waals surface area contributed by atoms with Crippen LogP contribution in [0.15, 0.2) is 29.1 Å². The third kappa shape index (κ3) is 3.24. The summed E-state index contributed by atoms with van der Waals surface area (Å²) in [6.07, 6.45) is 3.27. The summed E-state index contributed by atoms with van der Waals surface area (Å²) >= 11 is 2.55. The van der Waals surface area contributed by atoms with E-state index in [9.17, 15) is 4.79 Å². The number of thioether (sulfide) groups is 1. The number of hydrogen-bond donors (Lipinski definition) is 1. The molecule has 0 saturated carbocycles. The Bertz CT molecular complexity index is 447. The average Bonchev–Trinajstić information content (AvgIpc) is 2.81. The van der Waals surface area contributed by atoms with E-state index in [2.05, 4.69) is 25.5 Å². The minimum Gasteiger partial charge on any atom is -0.300 e. The second kappa shape index (κ2) is 5.52. The van der Waals surface area contributed by atoms with Gasteiger partial charge < -0.3 is 0 Å². The van der Waals surface area contributed by atoms with E-state index in [1.54, 1.807) is 24.0 Å². The molecule has 0 bridgehead atoms. The molecule has 0 aliphatic rings. The third-order valence-corrected chi connectivity index (χ3v) is 2.96. The van der Waals surface area contributed by atoms with Crippen LogP contribution in [-0.2, 0) is 4.79 Å². The summed E-state index contributed by atoms with van der Waals surface area (Å²) in [5, 5.41) is 11.0. The monoisotopic (exact) mass is 253 g/mol. The van der Waals surface area contributed by atoms with Crippen LogP contribution in [0.25, 0.3) is 0 Å². The molecule has 2 aromatic heterocycles. The molecule has 0 fully saturated rings. The molecule has 1 amide bonds. The molecule has 1 N–H and O–H groups in total. The van der Waals surface area contributed by atoms with Gasteiger partial charge in [0.15, 0.2) is 5.16 Å². The second-order valence-electron chi connectivity index (χ2n) is 2.61. The fourth-order valence-electron chi connectivity index (χ4n) is 0.873. The smallest absolute Gasteiger partial charge is 0.236 e. The first-order chi connectivity index (χ1) is 7.84. The van der Waals surface area contributed by atoms with Crippen molar-refractivity contribution < 1.29 is 4.79 Å². The van der Waals surface area contributed by atoms with Gasteiger partial charge in [0, 0.05) is 12.4 Å². The second-order valence-corrected chi connectivity index (χ2v) is 4.39. The highest BCUT2D eigenvalue weighted by Crippen LogP contribution is 2.13. The van der Waals surface area contributed by atoms with Crippen LogP contribution >= 0.6 is 23.1 Å². The van der Waals surface area contributed by atoms with Crippen LogP contribution in [0.1, 0.15) is 0 Å². The van der Waals surface area contributed by atoms with Crippen molar-refractivity contribution in [3.8, 4) is 0 Å².